The minimum Gasteiger partial charge on any atom is -0.303 e. The van der Waals surface area contributed by atoms with Gasteiger partial charge in [0.1, 0.15) is 18.0 Å². The smallest absolute Gasteiger partial charge is 0.303 e. The maximum absolute atomic E-state index is 12.9. The molecule has 6 heteroatoms. The van der Waals surface area contributed by atoms with Crippen molar-refractivity contribution < 1.29 is 22.4 Å². The van der Waals surface area contributed by atoms with Gasteiger partial charge in [-0.3, -0.25) is 0 Å². The van der Waals surface area contributed by atoms with Crippen molar-refractivity contribution in [3.63, 3.8) is 0 Å². The zero-order valence-corrected chi connectivity index (χ0v) is 8.65. The van der Waals surface area contributed by atoms with E-state index in [0.29, 0.717) is 0 Å². The minimum atomic E-state index is -4.61. The molecule has 0 heterocycles. The van der Waals surface area contributed by atoms with Gasteiger partial charge in [-0.15, -0.1) is 0 Å². The largest absolute Gasteiger partial charge is 0.398 e. The predicted molar refractivity (Wildman–Crippen MR) is 50.7 cm³/mol. The maximum Gasteiger partial charge on any atom is 0.398 e. The summed E-state index contributed by atoms with van der Waals surface area (Å²) in [6.07, 6.45) is -5.38. The molecule has 1 aromatic carbocycles. The van der Waals surface area contributed by atoms with Crippen LogP contribution in [0.2, 0.25) is 5.02 Å². The number of carbonyl (C=O) groups is 1. The van der Waals surface area contributed by atoms with Crippen LogP contribution in [0.3, 0.4) is 0 Å². The van der Waals surface area contributed by atoms with Crippen molar-refractivity contribution >= 4 is 17.9 Å². The lowest BCUT2D eigenvalue weighted by Crippen LogP contribution is -2.26. The second kappa shape index (κ2) is 4.82. The summed E-state index contributed by atoms with van der Waals surface area (Å²) in [5.41, 5.74) is 0.0799. The Kier molecular flexibility index (Phi) is 3.91. The van der Waals surface area contributed by atoms with Crippen LogP contribution in [0.25, 0.3) is 0 Å². The Morgan fingerprint density at radius 1 is 1.38 bits per heavy atom. The zero-order chi connectivity index (χ0) is 12.3. The summed E-state index contributed by atoms with van der Waals surface area (Å²) in [6, 6.07) is 3.31. The summed E-state index contributed by atoms with van der Waals surface area (Å²) in [5.74, 6) is -2.92. The molecule has 1 aromatic rings. The first-order valence-electron chi connectivity index (χ1n) is 4.30. The fraction of sp³-hybridized carbons (Fsp3) is 0.300. The Bertz CT molecular complexity index is 389. The third-order valence-corrected chi connectivity index (χ3v) is 2.33. The molecular weight excluding hydrogens is 248 g/mol. The third-order valence-electron chi connectivity index (χ3n) is 2.02. The molecule has 0 aliphatic carbocycles. The molecule has 0 aliphatic rings. The Balaban J connectivity index is 2.87. The summed E-state index contributed by atoms with van der Waals surface area (Å²) >= 11 is 5.37. The van der Waals surface area contributed by atoms with Gasteiger partial charge < -0.3 is 4.79 Å². The van der Waals surface area contributed by atoms with Crippen LogP contribution < -0.4 is 0 Å². The molecule has 0 saturated carbocycles. The van der Waals surface area contributed by atoms with Crippen molar-refractivity contribution in [1.82, 2.24) is 0 Å². The lowest BCUT2D eigenvalue weighted by molar-refractivity contribution is -0.174. The molecule has 0 amide bonds. The number of aldehydes is 1. The number of rotatable bonds is 3. The van der Waals surface area contributed by atoms with Gasteiger partial charge in [-0.2, -0.15) is 13.2 Å². The van der Waals surface area contributed by atoms with E-state index in [1.807, 2.05) is 0 Å². The summed E-state index contributed by atoms with van der Waals surface area (Å²) < 4.78 is 49.6. The predicted octanol–water partition coefficient (Wildman–Crippen LogP) is 3.40. The molecule has 1 rings (SSSR count). The average Bonchev–Trinajstić information content (AvgIpc) is 2.18. The molecule has 0 saturated heterocycles. The Morgan fingerprint density at radius 2 is 2.00 bits per heavy atom. The van der Waals surface area contributed by atoms with E-state index in [2.05, 4.69) is 0 Å². The van der Waals surface area contributed by atoms with Crippen molar-refractivity contribution in [3.8, 4) is 0 Å². The second-order valence-corrected chi connectivity index (χ2v) is 3.64. The molecule has 1 unspecified atom stereocenters. The number of benzene rings is 1. The highest BCUT2D eigenvalue weighted by atomic mass is 35.5. The van der Waals surface area contributed by atoms with Gasteiger partial charge in [0, 0.05) is 0 Å². The van der Waals surface area contributed by atoms with Crippen molar-refractivity contribution in [2.45, 2.75) is 12.6 Å². The average molecular weight is 255 g/mol. The number of carbonyl (C=O) groups excluding carboxylic acids is 1. The van der Waals surface area contributed by atoms with Crippen molar-refractivity contribution in [2.24, 2.45) is 5.92 Å². The highest BCUT2D eigenvalue weighted by molar-refractivity contribution is 6.30. The Labute approximate surface area is 94.0 Å². The van der Waals surface area contributed by atoms with Gasteiger partial charge >= 0.3 is 6.18 Å². The fourth-order valence-electron chi connectivity index (χ4n) is 1.16. The van der Waals surface area contributed by atoms with Gasteiger partial charge in [0.15, 0.2) is 0 Å². The summed E-state index contributed by atoms with van der Waals surface area (Å²) in [6.45, 7) is 0. The zero-order valence-electron chi connectivity index (χ0n) is 7.89. The van der Waals surface area contributed by atoms with Crippen LogP contribution in [0, 0.1) is 11.7 Å². The molecule has 1 atom stereocenters. The number of alkyl halides is 3. The van der Waals surface area contributed by atoms with E-state index in [0.717, 1.165) is 12.1 Å². The minimum absolute atomic E-state index is 0.0799. The standard InChI is InChI=1S/C10H7ClF4O/c11-8-2-1-6(4-9(8)12)3-7(5-16)10(13,14)15/h1-2,4-5,7H,3H2. The molecule has 0 N–H and O–H groups in total. The van der Waals surface area contributed by atoms with E-state index >= 15 is 0 Å². The van der Waals surface area contributed by atoms with Gasteiger partial charge in [0.05, 0.1) is 5.02 Å². The van der Waals surface area contributed by atoms with Crippen LogP contribution >= 0.6 is 11.6 Å². The molecule has 0 aliphatic heterocycles. The molecule has 0 bridgehead atoms. The monoisotopic (exact) mass is 254 g/mol. The lowest BCUT2D eigenvalue weighted by Gasteiger charge is -2.14. The lowest BCUT2D eigenvalue weighted by atomic mass is 10.0. The molecular formula is C10H7ClF4O. The number of hydrogen-bond donors (Lipinski definition) is 0. The van der Waals surface area contributed by atoms with Crippen LogP contribution in [0.4, 0.5) is 17.6 Å². The van der Waals surface area contributed by atoms with E-state index in [1.165, 1.54) is 6.07 Å². The van der Waals surface area contributed by atoms with Gasteiger partial charge in [0.25, 0.3) is 0 Å². The van der Waals surface area contributed by atoms with E-state index in [-0.39, 0.29) is 16.9 Å². The molecule has 16 heavy (non-hydrogen) atoms. The third kappa shape index (κ3) is 3.20. The Hall–Kier alpha value is -1.10. The van der Waals surface area contributed by atoms with Crippen molar-refractivity contribution in [1.29, 1.82) is 0 Å². The molecule has 0 aromatic heterocycles. The van der Waals surface area contributed by atoms with Crippen LogP contribution in [-0.2, 0) is 11.2 Å². The topological polar surface area (TPSA) is 17.1 Å². The van der Waals surface area contributed by atoms with E-state index in [4.69, 9.17) is 11.6 Å². The van der Waals surface area contributed by atoms with Crippen LogP contribution in [0.1, 0.15) is 5.56 Å². The first-order chi connectivity index (χ1) is 7.34. The molecule has 0 radical (unpaired) electrons. The van der Waals surface area contributed by atoms with E-state index < -0.39 is 24.3 Å². The first kappa shape index (κ1) is 13.0. The summed E-state index contributed by atoms with van der Waals surface area (Å²) in [7, 11) is 0. The summed E-state index contributed by atoms with van der Waals surface area (Å²) in [4.78, 5) is 10.3. The molecule has 1 nitrogen and oxygen atoms in total. The van der Waals surface area contributed by atoms with Crippen molar-refractivity contribution in [3.05, 3.63) is 34.6 Å². The quantitative estimate of drug-likeness (QED) is 0.597. The van der Waals surface area contributed by atoms with Crippen molar-refractivity contribution in [2.75, 3.05) is 0 Å². The molecule has 88 valence electrons. The number of hydrogen-bond acceptors (Lipinski definition) is 1. The van der Waals surface area contributed by atoms with Gasteiger partial charge in [-0.25, -0.2) is 4.39 Å². The highest BCUT2D eigenvalue weighted by Crippen LogP contribution is 2.28. The van der Waals surface area contributed by atoms with Gasteiger partial charge in [-0.1, -0.05) is 17.7 Å². The van der Waals surface area contributed by atoms with Crippen LogP contribution in [0.15, 0.2) is 18.2 Å². The molecule has 0 fully saturated rings. The normalized spacial score (nSPS) is 13.6. The summed E-state index contributed by atoms with van der Waals surface area (Å²) in [5, 5.41) is -0.168. The second-order valence-electron chi connectivity index (χ2n) is 3.24. The Morgan fingerprint density at radius 3 is 2.44 bits per heavy atom. The van der Waals surface area contributed by atoms with Gasteiger partial charge in [0.2, 0.25) is 0 Å². The highest BCUT2D eigenvalue weighted by Gasteiger charge is 2.39. The van der Waals surface area contributed by atoms with E-state index in [1.54, 1.807) is 0 Å². The number of halogens is 5. The first-order valence-corrected chi connectivity index (χ1v) is 4.68. The van der Waals surface area contributed by atoms with Crippen LogP contribution in [0.5, 0.6) is 0 Å². The maximum atomic E-state index is 12.9. The fourth-order valence-corrected chi connectivity index (χ4v) is 1.28. The van der Waals surface area contributed by atoms with Gasteiger partial charge in [-0.05, 0) is 24.1 Å². The molecule has 0 spiro atoms. The van der Waals surface area contributed by atoms with Crippen LogP contribution in [-0.4, -0.2) is 12.5 Å². The van der Waals surface area contributed by atoms with E-state index in [9.17, 15) is 22.4 Å². The SMILES string of the molecule is O=CC(Cc1ccc(Cl)c(F)c1)C(F)(F)F.